The highest BCUT2D eigenvalue weighted by Gasteiger charge is 2.44. The summed E-state index contributed by atoms with van der Waals surface area (Å²) in [6, 6.07) is 0. The summed E-state index contributed by atoms with van der Waals surface area (Å²) in [5.41, 5.74) is 0. The van der Waals surface area contributed by atoms with Crippen LogP contribution in [-0.4, -0.2) is 89.0 Å². The lowest BCUT2D eigenvalue weighted by Gasteiger charge is -2.39. The van der Waals surface area contributed by atoms with Crippen LogP contribution in [0.5, 0.6) is 0 Å². The second-order valence-corrected chi connectivity index (χ2v) is 15.1. The van der Waals surface area contributed by atoms with Gasteiger partial charge in [0.15, 0.2) is 12.4 Å². The second-order valence-electron chi connectivity index (χ2n) is 15.1. The van der Waals surface area contributed by atoms with Crippen LogP contribution in [0, 0.1) is 0 Å². The van der Waals surface area contributed by atoms with Crippen LogP contribution in [-0.2, 0) is 28.5 Å². The van der Waals surface area contributed by atoms with Crippen molar-refractivity contribution in [3.05, 3.63) is 36.5 Å². The Morgan fingerprint density at radius 2 is 1.07 bits per heavy atom. The molecule has 0 amide bonds. The average molecular weight is 781 g/mol. The Kier molecular flexibility index (Phi) is 33.6. The third-order valence-corrected chi connectivity index (χ3v) is 10.0. The number of unbranched alkanes of at least 4 members (excludes halogenated alkanes) is 19. The van der Waals surface area contributed by atoms with Gasteiger partial charge in [0.2, 0.25) is 0 Å². The fraction of sp³-hybridized carbons (Fsp3) is 0.822. The molecule has 320 valence electrons. The quantitative estimate of drug-likeness (QED) is 0.0275. The van der Waals surface area contributed by atoms with Gasteiger partial charge in [-0.3, -0.25) is 9.59 Å². The van der Waals surface area contributed by atoms with E-state index in [0.29, 0.717) is 12.8 Å². The van der Waals surface area contributed by atoms with Crippen molar-refractivity contribution in [2.45, 2.75) is 218 Å². The zero-order valence-electron chi connectivity index (χ0n) is 34.7. The Balaban J connectivity index is 2.34. The van der Waals surface area contributed by atoms with Crippen molar-refractivity contribution in [3.8, 4) is 0 Å². The maximum Gasteiger partial charge on any atom is 0.306 e. The Labute approximate surface area is 334 Å². The van der Waals surface area contributed by atoms with Gasteiger partial charge in [0, 0.05) is 12.8 Å². The number of hydrogen-bond donors (Lipinski definition) is 4. The van der Waals surface area contributed by atoms with Gasteiger partial charge in [-0.1, -0.05) is 159 Å². The van der Waals surface area contributed by atoms with Gasteiger partial charge in [0.25, 0.3) is 0 Å². The van der Waals surface area contributed by atoms with Gasteiger partial charge in [0.05, 0.1) is 13.2 Å². The second kappa shape index (κ2) is 36.3. The molecule has 4 N–H and O–H groups in total. The first-order chi connectivity index (χ1) is 26.8. The maximum atomic E-state index is 12.8. The molecule has 10 nitrogen and oxygen atoms in total. The molecule has 0 saturated carbocycles. The standard InChI is InChI=1S/C45H80O10/c1-3-5-7-9-11-13-15-17-19-21-23-25-27-29-31-33-40(47)52-36-38(37-53-45-44(51)43(50)42(49)39(35-46)55-45)54-41(48)34-32-30-28-26-24-22-20-18-16-14-12-10-8-6-4-2/h5,7,11,13,17,19,38-39,42-46,49-51H,3-4,6,8-10,12,14-16,18,20-37H2,1-2H3/b7-5+,13-11+,19-17+/t38-,39-,42+,43?,44?,45-/m0/s1. The van der Waals surface area contributed by atoms with Crippen molar-refractivity contribution in [2.75, 3.05) is 19.8 Å². The van der Waals surface area contributed by atoms with Crippen molar-refractivity contribution < 1.29 is 49.0 Å². The highest BCUT2D eigenvalue weighted by atomic mass is 16.7. The van der Waals surface area contributed by atoms with Crippen molar-refractivity contribution in [1.82, 2.24) is 0 Å². The summed E-state index contributed by atoms with van der Waals surface area (Å²) in [5.74, 6) is -0.822. The SMILES string of the molecule is CC/C=C/C/C=C/C/C=C/CCCCCCCC(=O)OC[C@@H](CO[C@H]1O[C@@H](CO)[C@@H](O)C(O)C1O)OC(=O)CCCCCCCCCCCCCCCCC. The number of carbonyl (C=O) groups excluding carboxylic acids is 2. The minimum Gasteiger partial charge on any atom is -0.462 e. The molecule has 2 unspecified atom stereocenters. The highest BCUT2D eigenvalue weighted by Crippen LogP contribution is 2.22. The summed E-state index contributed by atoms with van der Waals surface area (Å²) in [7, 11) is 0. The first-order valence-electron chi connectivity index (χ1n) is 22.1. The third kappa shape index (κ3) is 28.0. The van der Waals surface area contributed by atoms with Crippen LogP contribution in [0.3, 0.4) is 0 Å². The molecule has 1 aliphatic rings. The van der Waals surface area contributed by atoms with Crippen molar-refractivity contribution >= 4 is 11.9 Å². The number of ether oxygens (including phenoxy) is 4. The van der Waals surface area contributed by atoms with E-state index in [1.54, 1.807) is 0 Å². The lowest BCUT2D eigenvalue weighted by atomic mass is 9.99. The van der Waals surface area contributed by atoms with E-state index in [2.05, 4.69) is 50.3 Å². The Bertz CT molecular complexity index is 996. The number of esters is 2. The molecular formula is C45H80O10. The van der Waals surface area contributed by atoms with E-state index in [-0.39, 0.29) is 26.1 Å². The van der Waals surface area contributed by atoms with E-state index in [4.69, 9.17) is 18.9 Å². The van der Waals surface area contributed by atoms with Gasteiger partial charge >= 0.3 is 11.9 Å². The maximum absolute atomic E-state index is 12.8. The minimum absolute atomic E-state index is 0.224. The largest absolute Gasteiger partial charge is 0.462 e. The molecule has 0 radical (unpaired) electrons. The lowest BCUT2D eigenvalue weighted by molar-refractivity contribution is -0.305. The fourth-order valence-electron chi connectivity index (χ4n) is 6.56. The monoisotopic (exact) mass is 781 g/mol. The van der Waals surface area contributed by atoms with Crippen LogP contribution in [0.4, 0.5) is 0 Å². The summed E-state index contributed by atoms with van der Waals surface area (Å²) in [6.07, 6.45) is 32.9. The van der Waals surface area contributed by atoms with Crippen molar-refractivity contribution in [2.24, 2.45) is 0 Å². The predicted octanol–water partition coefficient (Wildman–Crippen LogP) is 9.11. The van der Waals surface area contributed by atoms with E-state index in [9.17, 15) is 30.0 Å². The molecule has 1 saturated heterocycles. The van der Waals surface area contributed by atoms with E-state index < -0.39 is 55.4 Å². The van der Waals surface area contributed by atoms with E-state index in [0.717, 1.165) is 70.6 Å². The molecule has 0 aromatic carbocycles. The smallest absolute Gasteiger partial charge is 0.306 e. The Hall–Kier alpha value is -2.08. The number of aliphatic hydroxyl groups is 4. The summed E-state index contributed by atoms with van der Waals surface area (Å²) >= 11 is 0. The highest BCUT2D eigenvalue weighted by molar-refractivity contribution is 5.70. The zero-order valence-corrected chi connectivity index (χ0v) is 34.7. The van der Waals surface area contributed by atoms with Crippen molar-refractivity contribution in [3.63, 3.8) is 0 Å². The summed E-state index contributed by atoms with van der Waals surface area (Å²) in [6.45, 7) is 3.30. The Morgan fingerprint density at radius 3 is 1.62 bits per heavy atom. The van der Waals surface area contributed by atoms with Crippen LogP contribution >= 0.6 is 0 Å². The van der Waals surface area contributed by atoms with Crippen LogP contribution in [0.2, 0.25) is 0 Å². The molecular weight excluding hydrogens is 700 g/mol. The number of aliphatic hydroxyl groups excluding tert-OH is 4. The van der Waals surface area contributed by atoms with Gasteiger partial charge < -0.3 is 39.4 Å². The van der Waals surface area contributed by atoms with Crippen LogP contribution in [0.15, 0.2) is 36.5 Å². The van der Waals surface area contributed by atoms with Gasteiger partial charge in [-0.25, -0.2) is 0 Å². The van der Waals surface area contributed by atoms with E-state index in [1.165, 1.54) is 70.6 Å². The van der Waals surface area contributed by atoms with Crippen LogP contribution < -0.4 is 0 Å². The lowest BCUT2D eigenvalue weighted by Crippen LogP contribution is -2.59. The molecule has 0 bridgehead atoms. The number of allylic oxidation sites excluding steroid dienone is 6. The predicted molar refractivity (Wildman–Crippen MR) is 219 cm³/mol. The molecule has 0 aliphatic carbocycles. The third-order valence-electron chi connectivity index (χ3n) is 10.0. The van der Waals surface area contributed by atoms with Crippen LogP contribution in [0.1, 0.15) is 181 Å². The number of hydrogen-bond acceptors (Lipinski definition) is 10. The summed E-state index contributed by atoms with van der Waals surface area (Å²) in [5, 5.41) is 40.0. The first kappa shape index (κ1) is 50.9. The van der Waals surface area contributed by atoms with E-state index in [1.807, 2.05) is 0 Å². The van der Waals surface area contributed by atoms with Crippen LogP contribution in [0.25, 0.3) is 0 Å². The molecule has 1 heterocycles. The molecule has 55 heavy (non-hydrogen) atoms. The zero-order chi connectivity index (χ0) is 40.2. The van der Waals surface area contributed by atoms with Gasteiger partial charge in [-0.2, -0.15) is 0 Å². The number of rotatable bonds is 36. The first-order valence-corrected chi connectivity index (χ1v) is 22.1. The molecule has 1 rings (SSSR count). The molecule has 10 heteroatoms. The summed E-state index contributed by atoms with van der Waals surface area (Å²) < 4.78 is 22.1. The van der Waals surface area contributed by atoms with E-state index >= 15 is 0 Å². The van der Waals surface area contributed by atoms with Gasteiger partial charge in [-0.15, -0.1) is 0 Å². The molecule has 6 atom stereocenters. The Morgan fingerprint density at radius 1 is 0.582 bits per heavy atom. The molecule has 0 aromatic rings. The minimum atomic E-state index is -1.60. The van der Waals surface area contributed by atoms with Gasteiger partial charge in [-0.05, 0) is 44.9 Å². The number of carbonyl (C=O) groups is 2. The molecule has 0 aromatic heterocycles. The van der Waals surface area contributed by atoms with Crippen molar-refractivity contribution in [1.29, 1.82) is 0 Å². The molecule has 1 fully saturated rings. The normalized spacial score (nSPS) is 20.9. The van der Waals surface area contributed by atoms with Gasteiger partial charge in [0.1, 0.15) is 31.0 Å². The molecule has 1 aliphatic heterocycles. The topological polar surface area (TPSA) is 152 Å². The fourth-order valence-corrected chi connectivity index (χ4v) is 6.56. The summed E-state index contributed by atoms with van der Waals surface area (Å²) in [4.78, 5) is 25.3. The average Bonchev–Trinajstić information content (AvgIpc) is 3.18. The molecule has 0 spiro atoms.